The summed E-state index contributed by atoms with van der Waals surface area (Å²) in [7, 11) is 0. The summed E-state index contributed by atoms with van der Waals surface area (Å²) in [6, 6.07) is 3.85. The molecule has 2 aromatic rings. The van der Waals surface area contributed by atoms with Gasteiger partial charge in [0.15, 0.2) is 0 Å². The number of aromatic amines is 1. The monoisotopic (exact) mass is 307 g/mol. The van der Waals surface area contributed by atoms with Crippen molar-refractivity contribution in [2.24, 2.45) is 5.92 Å². The Bertz CT molecular complexity index is 611. The van der Waals surface area contributed by atoms with Gasteiger partial charge in [-0.2, -0.15) is 5.10 Å². The number of hydrogen-bond donors (Lipinski definition) is 3. The molecule has 1 saturated heterocycles. The molecule has 6 nitrogen and oxygen atoms in total. The van der Waals surface area contributed by atoms with E-state index >= 15 is 0 Å². The van der Waals surface area contributed by atoms with E-state index in [1.165, 1.54) is 17.5 Å². The number of carbonyl (C=O) groups is 1. The average Bonchev–Trinajstić information content (AvgIpc) is 3.16. The van der Waals surface area contributed by atoms with Gasteiger partial charge in [-0.3, -0.25) is 9.89 Å². The van der Waals surface area contributed by atoms with Crippen molar-refractivity contribution >= 4 is 17.2 Å². The first-order valence-corrected chi connectivity index (χ1v) is 7.74. The second-order valence-corrected chi connectivity index (χ2v) is 6.13. The maximum atomic E-state index is 12.6. The highest BCUT2D eigenvalue weighted by atomic mass is 32.1. The smallest absolute Gasteiger partial charge is 0.257 e. The van der Waals surface area contributed by atoms with Gasteiger partial charge in [0.25, 0.3) is 5.91 Å². The fourth-order valence-corrected chi connectivity index (χ4v) is 3.34. The highest BCUT2D eigenvalue weighted by Crippen LogP contribution is 2.27. The zero-order chi connectivity index (χ0) is 14.8. The van der Waals surface area contributed by atoms with Crippen LogP contribution in [-0.2, 0) is 0 Å². The van der Waals surface area contributed by atoms with Gasteiger partial charge in [-0.15, -0.1) is 11.3 Å². The first-order valence-electron chi connectivity index (χ1n) is 6.86. The van der Waals surface area contributed by atoms with E-state index in [2.05, 4.69) is 10.2 Å². The van der Waals surface area contributed by atoms with Gasteiger partial charge < -0.3 is 15.1 Å². The second kappa shape index (κ2) is 5.97. The van der Waals surface area contributed by atoms with Crippen molar-refractivity contribution in [1.82, 2.24) is 15.1 Å². The third-order valence-electron chi connectivity index (χ3n) is 3.88. The SMILES string of the molecule is O=C(c1cn[nH]c1-c1cccs1)N1CC[C@H](CO)[C@H](O)C1. The quantitative estimate of drug-likeness (QED) is 0.788. The standard InChI is InChI=1S/C14H17N3O3S/c18-8-9-3-4-17(7-11(9)19)14(20)10-6-15-16-13(10)12-2-1-5-21-12/h1-2,5-6,9,11,18-19H,3-4,7-8H2,(H,15,16)/t9-,11-/m1/s1. The number of rotatable bonds is 3. The first kappa shape index (κ1) is 14.2. The molecule has 1 amide bonds. The van der Waals surface area contributed by atoms with Crippen LogP contribution in [-0.4, -0.2) is 57.0 Å². The number of thiophene rings is 1. The van der Waals surface area contributed by atoms with Crippen LogP contribution in [0.3, 0.4) is 0 Å². The third kappa shape index (κ3) is 2.72. The van der Waals surface area contributed by atoms with Crippen molar-refractivity contribution in [3.63, 3.8) is 0 Å². The number of nitrogens with one attached hydrogen (secondary N) is 1. The van der Waals surface area contributed by atoms with E-state index in [-0.39, 0.29) is 25.0 Å². The lowest BCUT2D eigenvalue weighted by molar-refractivity contribution is 0.000907. The lowest BCUT2D eigenvalue weighted by Gasteiger charge is -2.35. The van der Waals surface area contributed by atoms with E-state index in [4.69, 9.17) is 5.11 Å². The molecule has 1 aliphatic rings. The molecule has 0 aliphatic carbocycles. The van der Waals surface area contributed by atoms with Gasteiger partial charge >= 0.3 is 0 Å². The molecule has 3 N–H and O–H groups in total. The number of H-pyrrole nitrogens is 1. The van der Waals surface area contributed by atoms with Crippen LogP contribution < -0.4 is 0 Å². The van der Waals surface area contributed by atoms with Crippen molar-refractivity contribution < 1.29 is 15.0 Å². The lowest BCUT2D eigenvalue weighted by Crippen LogP contribution is -2.47. The molecule has 0 aromatic carbocycles. The molecule has 0 unspecified atom stereocenters. The molecule has 1 aliphatic heterocycles. The number of likely N-dealkylation sites (tertiary alicyclic amines) is 1. The van der Waals surface area contributed by atoms with Crippen LogP contribution in [0.1, 0.15) is 16.8 Å². The molecule has 0 bridgehead atoms. The number of piperidine rings is 1. The molecule has 0 radical (unpaired) electrons. The topological polar surface area (TPSA) is 89.5 Å². The molecule has 1 fully saturated rings. The number of aromatic nitrogens is 2. The molecule has 21 heavy (non-hydrogen) atoms. The molecule has 3 heterocycles. The maximum absolute atomic E-state index is 12.6. The number of aliphatic hydroxyl groups is 2. The summed E-state index contributed by atoms with van der Waals surface area (Å²) >= 11 is 1.54. The van der Waals surface area contributed by atoms with E-state index < -0.39 is 6.10 Å². The summed E-state index contributed by atoms with van der Waals surface area (Å²) in [5.74, 6) is -0.280. The van der Waals surface area contributed by atoms with Crippen LogP contribution >= 0.6 is 11.3 Å². The number of aliphatic hydroxyl groups excluding tert-OH is 2. The predicted octanol–water partition coefficient (Wildman–Crippen LogP) is 0.953. The summed E-state index contributed by atoms with van der Waals surface area (Å²) in [6.07, 6.45) is 1.46. The predicted molar refractivity (Wildman–Crippen MR) is 79.0 cm³/mol. The van der Waals surface area contributed by atoms with Crippen molar-refractivity contribution in [1.29, 1.82) is 0 Å². The summed E-state index contributed by atoms with van der Waals surface area (Å²) in [6.45, 7) is 0.741. The van der Waals surface area contributed by atoms with Gasteiger partial charge in [0.05, 0.1) is 28.4 Å². The number of carbonyl (C=O) groups excluding carboxylic acids is 1. The number of hydrogen-bond acceptors (Lipinski definition) is 5. The Morgan fingerprint density at radius 3 is 3.10 bits per heavy atom. The Kier molecular flexibility index (Phi) is 4.05. The van der Waals surface area contributed by atoms with Gasteiger partial charge in [0.1, 0.15) is 0 Å². The molecule has 2 atom stereocenters. The Hall–Kier alpha value is -1.70. The van der Waals surface area contributed by atoms with Gasteiger partial charge in [-0.05, 0) is 17.9 Å². The summed E-state index contributed by atoms with van der Waals surface area (Å²) in [4.78, 5) is 15.2. The zero-order valence-electron chi connectivity index (χ0n) is 11.4. The zero-order valence-corrected chi connectivity index (χ0v) is 12.2. The normalized spacial score (nSPS) is 22.5. The van der Waals surface area contributed by atoms with Crippen LogP contribution in [0.5, 0.6) is 0 Å². The van der Waals surface area contributed by atoms with E-state index in [1.807, 2.05) is 17.5 Å². The summed E-state index contributed by atoms with van der Waals surface area (Å²) in [5.41, 5.74) is 1.24. The van der Waals surface area contributed by atoms with Crippen LogP contribution in [0.15, 0.2) is 23.7 Å². The Labute approximate surface area is 126 Å². The van der Waals surface area contributed by atoms with Crippen molar-refractivity contribution in [3.05, 3.63) is 29.3 Å². The highest BCUT2D eigenvalue weighted by Gasteiger charge is 2.31. The van der Waals surface area contributed by atoms with Crippen LogP contribution in [0.25, 0.3) is 10.6 Å². The van der Waals surface area contributed by atoms with E-state index in [0.29, 0.717) is 24.2 Å². The van der Waals surface area contributed by atoms with Crippen molar-refractivity contribution in [2.45, 2.75) is 12.5 Å². The molecular formula is C14H17N3O3S. The Morgan fingerprint density at radius 2 is 2.43 bits per heavy atom. The fraction of sp³-hybridized carbons (Fsp3) is 0.429. The largest absolute Gasteiger partial charge is 0.396 e. The maximum Gasteiger partial charge on any atom is 0.257 e. The van der Waals surface area contributed by atoms with E-state index in [9.17, 15) is 9.90 Å². The molecule has 112 valence electrons. The Balaban J connectivity index is 1.79. The molecule has 2 aromatic heterocycles. The third-order valence-corrected chi connectivity index (χ3v) is 4.77. The molecule has 3 rings (SSSR count). The molecular weight excluding hydrogens is 290 g/mol. The number of β-amino-alcohol motifs (C(OH)–C–C–N with tert-alkyl or cyclic N) is 1. The Morgan fingerprint density at radius 1 is 1.57 bits per heavy atom. The number of amides is 1. The van der Waals surface area contributed by atoms with Crippen molar-refractivity contribution in [2.75, 3.05) is 19.7 Å². The lowest BCUT2D eigenvalue weighted by atomic mass is 9.94. The van der Waals surface area contributed by atoms with Crippen LogP contribution in [0.4, 0.5) is 0 Å². The van der Waals surface area contributed by atoms with Gasteiger partial charge in [-0.25, -0.2) is 0 Å². The second-order valence-electron chi connectivity index (χ2n) is 5.19. The first-order chi connectivity index (χ1) is 10.2. The van der Waals surface area contributed by atoms with E-state index in [0.717, 1.165) is 4.88 Å². The molecule has 7 heteroatoms. The minimum absolute atomic E-state index is 0.0463. The van der Waals surface area contributed by atoms with E-state index in [1.54, 1.807) is 4.90 Å². The highest BCUT2D eigenvalue weighted by molar-refractivity contribution is 7.13. The summed E-state index contributed by atoms with van der Waals surface area (Å²) in [5, 5.41) is 27.9. The minimum atomic E-state index is -0.676. The minimum Gasteiger partial charge on any atom is -0.396 e. The van der Waals surface area contributed by atoms with Crippen molar-refractivity contribution in [3.8, 4) is 10.6 Å². The molecule has 0 spiro atoms. The van der Waals surface area contributed by atoms with Gasteiger partial charge in [-0.1, -0.05) is 6.07 Å². The average molecular weight is 307 g/mol. The van der Waals surface area contributed by atoms with Crippen LogP contribution in [0, 0.1) is 5.92 Å². The fourth-order valence-electron chi connectivity index (χ4n) is 2.60. The summed E-state index contributed by atoms with van der Waals surface area (Å²) < 4.78 is 0. The molecule has 0 saturated carbocycles. The van der Waals surface area contributed by atoms with Gasteiger partial charge in [0.2, 0.25) is 0 Å². The number of nitrogens with zero attached hydrogens (tertiary/aromatic N) is 2. The van der Waals surface area contributed by atoms with Gasteiger partial charge in [0, 0.05) is 25.6 Å². The van der Waals surface area contributed by atoms with Crippen LogP contribution in [0.2, 0.25) is 0 Å².